The second-order valence-electron chi connectivity index (χ2n) is 5.47. The van der Waals surface area contributed by atoms with Crippen LogP contribution in [0.2, 0.25) is 10.0 Å². The second-order valence-corrected chi connectivity index (χ2v) is 6.32. The quantitative estimate of drug-likeness (QED) is 0.853. The summed E-state index contributed by atoms with van der Waals surface area (Å²) in [5.74, 6) is 1.05. The van der Waals surface area contributed by atoms with E-state index in [-0.39, 0.29) is 11.9 Å². The van der Waals surface area contributed by atoms with Crippen molar-refractivity contribution in [3.05, 3.63) is 33.8 Å². The Morgan fingerprint density at radius 1 is 1.26 bits per heavy atom. The van der Waals surface area contributed by atoms with Crippen LogP contribution in [0.4, 0.5) is 0 Å². The lowest BCUT2D eigenvalue weighted by Gasteiger charge is -2.34. The molecule has 4 heteroatoms. The molecule has 19 heavy (non-hydrogen) atoms. The molecule has 0 bridgehead atoms. The number of rotatable bonds is 2. The molecule has 0 spiro atoms. The predicted molar refractivity (Wildman–Crippen MR) is 79.9 cm³/mol. The Bertz CT molecular complexity index is 475. The summed E-state index contributed by atoms with van der Waals surface area (Å²) in [6.07, 6.45) is 3.46. The summed E-state index contributed by atoms with van der Waals surface area (Å²) in [4.78, 5) is 12.3. The molecule has 0 aromatic heterocycles. The van der Waals surface area contributed by atoms with E-state index in [0.29, 0.717) is 27.4 Å². The third-order valence-electron chi connectivity index (χ3n) is 4.20. The standard InChI is InChI=1S/C15H19Cl2NO/c1-9-4-3-5-14(10(9)2)18-15(19)12-7-6-11(16)8-13(12)17/h6-10,14H,3-5H2,1-2H3,(H,18,19)/t9-,10+,14+/m1/s1. The Hall–Kier alpha value is -0.730. The molecule has 3 atom stereocenters. The van der Waals surface area contributed by atoms with E-state index in [0.717, 1.165) is 6.42 Å². The molecule has 0 aliphatic heterocycles. The molecule has 1 aliphatic rings. The van der Waals surface area contributed by atoms with E-state index in [4.69, 9.17) is 23.2 Å². The summed E-state index contributed by atoms with van der Waals surface area (Å²) >= 11 is 11.9. The first-order chi connectivity index (χ1) is 8.99. The molecular weight excluding hydrogens is 281 g/mol. The largest absolute Gasteiger partial charge is 0.349 e. The SMILES string of the molecule is C[C@H]1[C@H](C)CCC[C@@H]1NC(=O)c1ccc(Cl)cc1Cl. The predicted octanol–water partition coefficient (Wildman–Crippen LogP) is 4.55. The van der Waals surface area contributed by atoms with Crippen molar-refractivity contribution in [1.82, 2.24) is 5.32 Å². The van der Waals surface area contributed by atoms with Gasteiger partial charge >= 0.3 is 0 Å². The van der Waals surface area contributed by atoms with Gasteiger partial charge in [-0.2, -0.15) is 0 Å². The Labute approximate surface area is 124 Å². The van der Waals surface area contributed by atoms with E-state index in [1.54, 1.807) is 18.2 Å². The Kier molecular flexibility index (Phi) is 4.75. The number of nitrogens with one attached hydrogen (secondary N) is 1. The molecule has 1 N–H and O–H groups in total. The van der Waals surface area contributed by atoms with Crippen molar-refractivity contribution in [3.8, 4) is 0 Å². The van der Waals surface area contributed by atoms with E-state index in [2.05, 4.69) is 19.2 Å². The Morgan fingerprint density at radius 3 is 2.68 bits per heavy atom. The first-order valence-corrected chi connectivity index (χ1v) is 7.50. The van der Waals surface area contributed by atoms with E-state index >= 15 is 0 Å². The van der Waals surface area contributed by atoms with Crippen LogP contribution in [0.25, 0.3) is 0 Å². The molecule has 1 amide bonds. The summed E-state index contributed by atoms with van der Waals surface area (Å²) in [6, 6.07) is 5.21. The van der Waals surface area contributed by atoms with Gasteiger partial charge in [-0.25, -0.2) is 0 Å². The highest BCUT2D eigenvalue weighted by Crippen LogP contribution is 2.30. The van der Waals surface area contributed by atoms with Crippen LogP contribution in [0.3, 0.4) is 0 Å². The lowest BCUT2D eigenvalue weighted by Crippen LogP contribution is -2.43. The van der Waals surface area contributed by atoms with Gasteiger partial charge in [-0.15, -0.1) is 0 Å². The molecule has 2 nitrogen and oxygen atoms in total. The fraction of sp³-hybridized carbons (Fsp3) is 0.533. The van der Waals surface area contributed by atoms with Crippen molar-refractivity contribution in [3.63, 3.8) is 0 Å². The zero-order chi connectivity index (χ0) is 14.0. The average Bonchev–Trinajstić information content (AvgIpc) is 2.34. The molecule has 0 radical (unpaired) electrons. The van der Waals surface area contributed by atoms with Gasteiger partial charge in [0.05, 0.1) is 10.6 Å². The third-order valence-corrected chi connectivity index (χ3v) is 4.75. The van der Waals surface area contributed by atoms with Crippen LogP contribution in [0, 0.1) is 11.8 Å². The zero-order valence-corrected chi connectivity index (χ0v) is 12.8. The number of carbonyl (C=O) groups is 1. The van der Waals surface area contributed by atoms with Crippen molar-refractivity contribution in [1.29, 1.82) is 0 Å². The molecule has 104 valence electrons. The number of hydrogen-bond donors (Lipinski definition) is 1. The first-order valence-electron chi connectivity index (χ1n) is 6.75. The highest BCUT2D eigenvalue weighted by Gasteiger charge is 2.28. The van der Waals surface area contributed by atoms with Crippen molar-refractivity contribution in [2.24, 2.45) is 11.8 Å². The van der Waals surface area contributed by atoms with Gasteiger partial charge in [-0.05, 0) is 36.5 Å². The Balaban J connectivity index is 2.08. The molecule has 1 aliphatic carbocycles. The maximum absolute atomic E-state index is 12.3. The molecule has 1 fully saturated rings. The zero-order valence-electron chi connectivity index (χ0n) is 11.2. The van der Waals surface area contributed by atoms with Crippen molar-refractivity contribution in [2.75, 3.05) is 0 Å². The number of benzene rings is 1. The van der Waals surface area contributed by atoms with E-state index in [1.165, 1.54) is 12.8 Å². The van der Waals surface area contributed by atoms with Crippen LogP contribution in [0.1, 0.15) is 43.5 Å². The summed E-state index contributed by atoms with van der Waals surface area (Å²) in [5.41, 5.74) is 0.497. The minimum atomic E-state index is -0.104. The van der Waals surface area contributed by atoms with Gasteiger partial charge in [0.2, 0.25) is 0 Å². The summed E-state index contributed by atoms with van der Waals surface area (Å²) in [7, 11) is 0. The summed E-state index contributed by atoms with van der Waals surface area (Å²) in [6.45, 7) is 4.45. The topological polar surface area (TPSA) is 29.1 Å². The van der Waals surface area contributed by atoms with Gasteiger partial charge in [0.15, 0.2) is 0 Å². The molecule has 1 aromatic rings. The highest BCUT2D eigenvalue weighted by molar-refractivity contribution is 6.36. The van der Waals surface area contributed by atoms with Crippen LogP contribution in [-0.2, 0) is 0 Å². The average molecular weight is 300 g/mol. The van der Waals surface area contributed by atoms with Crippen LogP contribution < -0.4 is 5.32 Å². The summed E-state index contributed by atoms with van der Waals surface area (Å²) < 4.78 is 0. The molecule has 0 unspecified atom stereocenters. The lowest BCUT2D eigenvalue weighted by molar-refractivity contribution is 0.0891. The van der Waals surface area contributed by atoms with Crippen LogP contribution in [0.5, 0.6) is 0 Å². The minimum Gasteiger partial charge on any atom is -0.349 e. The third kappa shape index (κ3) is 3.43. The highest BCUT2D eigenvalue weighted by atomic mass is 35.5. The van der Waals surface area contributed by atoms with Gasteiger partial charge in [-0.3, -0.25) is 4.79 Å². The first kappa shape index (κ1) is 14.7. The van der Waals surface area contributed by atoms with E-state index in [9.17, 15) is 4.79 Å². The van der Waals surface area contributed by atoms with E-state index < -0.39 is 0 Å². The number of hydrogen-bond acceptors (Lipinski definition) is 1. The van der Waals surface area contributed by atoms with E-state index in [1.807, 2.05) is 0 Å². The van der Waals surface area contributed by atoms with Gasteiger partial charge in [0.1, 0.15) is 0 Å². The Morgan fingerprint density at radius 2 is 2.00 bits per heavy atom. The van der Waals surface area contributed by atoms with Gasteiger partial charge in [-0.1, -0.05) is 49.9 Å². The normalized spacial score (nSPS) is 27.1. The van der Waals surface area contributed by atoms with Crippen molar-refractivity contribution >= 4 is 29.1 Å². The fourth-order valence-corrected chi connectivity index (χ4v) is 3.20. The number of amides is 1. The molecule has 2 rings (SSSR count). The fourth-order valence-electron chi connectivity index (χ4n) is 2.71. The molecular formula is C15H19Cl2NO. The number of carbonyl (C=O) groups excluding carboxylic acids is 1. The molecule has 1 aromatic carbocycles. The maximum Gasteiger partial charge on any atom is 0.253 e. The van der Waals surface area contributed by atoms with Gasteiger partial charge in [0, 0.05) is 11.1 Å². The lowest BCUT2D eigenvalue weighted by atomic mass is 9.78. The van der Waals surface area contributed by atoms with Gasteiger partial charge in [0.25, 0.3) is 5.91 Å². The van der Waals surface area contributed by atoms with Crippen molar-refractivity contribution < 1.29 is 4.79 Å². The number of halogens is 2. The molecule has 0 saturated heterocycles. The van der Waals surface area contributed by atoms with Crippen LogP contribution in [0.15, 0.2) is 18.2 Å². The summed E-state index contributed by atoms with van der Waals surface area (Å²) in [5, 5.41) is 4.06. The smallest absolute Gasteiger partial charge is 0.253 e. The monoisotopic (exact) mass is 299 g/mol. The minimum absolute atomic E-state index is 0.104. The van der Waals surface area contributed by atoms with Crippen LogP contribution in [-0.4, -0.2) is 11.9 Å². The molecule has 1 saturated carbocycles. The maximum atomic E-state index is 12.3. The van der Waals surface area contributed by atoms with Crippen molar-refractivity contribution in [2.45, 2.75) is 39.2 Å². The van der Waals surface area contributed by atoms with Crippen LogP contribution >= 0.6 is 23.2 Å². The van der Waals surface area contributed by atoms with Gasteiger partial charge < -0.3 is 5.32 Å². The second kappa shape index (κ2) is 6.15. The molecule has 0 heterocycles.